The molecule has 0 aliphatic carbocycles. The van der Waals surface area contributed by atoms with E-state index in [4.69, 9.17) is 4.74 Å². The molecule has 0 spiro atoms. The van der Waals surface area contributed by atoms with Crippen molar-refractivity contribution in [3.63, 3.8) is 0 Å². The predicted octanol–water partition coefficient (Wildman–Crippen LogP) is 3.73. The Morgan fingerprint density at radius 3 is 2.74 bits per heavy atom. The molecule has 100 valence electrons. The van der Waals surface area contributed by atoms with Crippen LogP contribution in [0.5, 0.6) is 0 Å². The molecule has 2 aromatic rings. The number of aromatic nitrogens is 1. The van der Waals surface area contributed by atoms with Gasteiger partial charge in [-0.2, -0.15) is 0 Å². The highest BCUT2D eigenvalue weighted by Gasteiger charge is 2.21. The summed E-state index contributed by atoms with van der Waals surface area (Å²) in [6.07, 6.45) is 3.47. The molecule has 0 bridgehead atoms. The van der Waals surface area contributed by atoms with Crippen LogP contribution in [0.25, 0.3) is 0 Å². The van der Waals surface area contributed by atoms with Gasteiger partial charge in [-0.1, -0.05) is 24.3 Å². The van der Waals surface area contributed by atoms with Crippen LogP contribution < -0.4 is 0 Å². The second kappa shape index (κ2) is 4.86. The average Bonchev–Trinajstić information content (AvgIpc) is 2.67. The Morgan fingerprint density at radius 1 is 1.21 bits per heavy atom. The molecule has 1 aromatic carbocycles. The molecule has 2 heteroatoms. The van der Waals surface area contributed by atoms with Crippen LogP contribution in [0.2, 0.25) is 0 Å². The van der Waals surface area contributed by atoms with Crippen LogP contribution in [0.3, 0.4) is 0 Å². The van der Waals surface area contributed by atoms with Crippen molar-refractivity contribution in [3.05, 3.63) is 58.4 Å². The van der Waals surface area contributed by atoms with Crippen molar-refractivity contribution in [2.24, 2.45) is 0 Å². The van der Waals surface area contributed by atoms with Crippen LogP contribution in [0.4, 0.5) is 0 Å². The molecule has 0 saturated carbocycles. The lowest BCUT2D eigenvalue weighted by molar-refractivity contribution is 0.0303. The lowest BCUT2D eigenvalue weighted by Crippen LogP contribution is -2.20. The molecule has 0 radical (unpaired) electrons. The molecule has 0 saturated heterocycles. The highest BCUT2D eigenvalue weighted by atomic mass is 16.5. The second-order valence-electron chi connectivity index (χ2n) is 5.48. The van der Waals surface area contributed by atoms with E-state index in [0.717, 1.165) is 19.6 Å². The minimum absolute atomic E-state index is 0.190. The van der Waals surface area contributed by atoms with Crippen LogP contribution in [-0.2, 0) is 17.7 Å². The van der Waals surface area contributed by atoms with Crippen molar-refractivity contribution in [2.75, 3.05) is 6.61 Å². The molecule has 2 nitrogen and oxygen atoms in total. The van der Waals surface area contributed by atoms with Crippen LogP contribution in [0.1, 0.15) is 34.1 Å². The molecular weight excluding hydrogens is 234 g/mol. The number of benzene rings is 1. The van der Waals surface area contributed by atoms with Gasteiger partial charge < -0.3 is 9.30 Å². The van der Waals surface area contributed by atoms with Crippen molar-refractivity contribution in [2.45, 2.75) is 39.8 Å². The van der Waals surface area contributed by atoms with E-state index in [9.17, 15) is 0 Å². The standard InChI is InChI=1S/C17H21NO/c1-12-10-18(14(3)13(12)2)11-17-16-7-5-4-6-15(16)8-9-19-17/h4-7,10,17H,8-9,11H2,1-3H3. The van der Waals surface area contributed by atoms with E-state index in [1.807, 2.05) is 0 Å². The Kier molecular flexibility index (Phi) is 3.19. The SMILES string of the molecule is Cc1cn(CC2OCCc3ccccc32)c(C)c1C. The van der Waals surface area contributed by atoms with Gasteiger partial charge in [0.1, 0.15) is 6.10 Å². The summed E-state index contributed by atoms with van der Waals surface area (Å²) in [6, 6.07) is 8.66. The fraction of sp³-hybridized carbons (Fsp3) is 0.412. The molecule has 1 aliphatic rings. The molecule has 0 N–H and O–H groups in total. The maximum absolute atomic E-state index is 5.99. The molecule has 2 heterocycles. The molecule has 1 atom stereocenters. The van der Waals surface area contributed by atoms with E-state index in [1.54, 1.807) is 0 Å². The normalized spacial score (nSPS) is 18.4. The fourth-order valence-corrected chi connectivity index (χ4v) is 2.92. The van der Waals surface area contributed by atoms with Crippen LogP contribution >= 0.6 is 0 Å². The van der Waals surface area contributed by atoms with E-state index in [0.29, 0.717) is 0 Å². The quantitative estimate of drug-likeness (QED) is 0.797. The minimum atomic E-state index is 0.190. The predicted molar refractivity (Wildman–Crippen MR) is 77.5 cm³/mol. The largest absolute Gasteiger partial charge is 0.371 e. The fourth-order valence-electron chi connectivity index (χ4n) is 2.92. The molecule has 19 heavy (non-hydrogen) atoms. The van der Waals surface area contributed by atoms with Gasteiger partial charge in [0.15, 0.2) is 0 Å². The zero-order valence-corrected chi connectivity index (χ0v) is 11.9. The van der Waals surface area contributed by atoms with E-state index in [1.165, 1.54) is 27.9 Å². The van der Waals surface area contributed by atoms with Gasteiger partial charge in [-0.15, -0.1) is 0 Å². The first kappa shape index (κ1) is 12.5. The molecule has 1 unspecified atom stereocenters. The van der Waals surface area contributed by atoms with Gasteiger partial charge in [0.05, 0.1) is 13.2 Å². The Bertz CT molecular complexity index is 597. The molecule has 0 fully saturated rings. The molecule has 1 aliphatic heterocycles. The first-order chi connectivity index (χ1) is 9.16. The summed E-state index contributed by atoms with van der Waals surface area (Å²) < 4.78 is 8.32. The van der Waals surface area contributed by atoms with Crippen LogP contribution in [-0.4, -0.2) is 11.2 Å². The van der Waals surface area contributed by atoms with E-state index < -0.39 is 0 Å². The van der Waals surface area contributed by atoms with Crippen LogP contribution in [0, 0.1) is 20.8 Å². The van der Waals surface area contributed by atoms with Gasteiger partial charge in [-0.05, 0) is 49.4 Å². The molecule has 1 aromatic heterocycles. The Balaban J connectivity index is 1.90. The molecule has 0 amide bonds. The van der Waals surface area contributed by atoms with Crippen molar-refractivity contribution < 1.29 is 4.74 Å². The summed E-state index contributed by atoms with van der Waals surface area (Å²) in [6.45, 7) is 8.31. The zero-order valence-electron chi connectivity index (χ0n) is 11.9. The third-order valence-electron chi connectivity index (χ3n) is 4.37. The number of rotatable bonds is 2. The van der Waals surface area contributed by atoms with Gasteiger partial charge in [0.25, 0.3) is 0 Å². The van der Waals surface area contributed by atoms with Crippen molar-refractivity contribution in [3.8, 4) is 0 Å². The summed E-state index contributed by atoms with van der Waals surface area (Å²) in [5.41, 5.74) is 6.91. The smallest absolute Gasteiger partial charge is 0.101 e. The van der Waals surface area contributed by atoms with E-state index in [-0.39, 0.29) is 6.10 Å². The number of aryl methyl sites for hydroxylation is 1. The molecular formula is C17H21NO. The summed E-state index contributed by atoms with van der Waals surface area (Å²) in [7, 11) is 0. The van der Waals surface area contributed by atoms with E-state index in [2.05, 4.69) is 55.8 Å². The highest BCUT2D eigenvalue weighted by Crippen LogP contribution is 2.29. The lowest BCUT2D eigenvalue weighted by atomic mass is 9.97. The number of fused-ring (bicyclic) bond motifs is 1. The Hall–Kier alpha value is -1.54. The Labute approximate surface area is 115 Å². The van der Waals surface area contributed by atoms with Gasteiger partial charge in [-0.25, -0.2) is 0 Å². The number of hydrogen-bond donors (Lipinski definition) is 0. The summed E-state index contributed by atoms with van der Waals surface area (Å²) in [4.78, 5) is 0. The second-order valence-corrected chi connectivity index (χ2v) is 5.48. The summed E-state index contributed by atoms with van der Waals surface area (Å²) in [5, 5.41) is 0. The van der Waals surface area contributed by atoms with E-state index >= 15 is 0 Å². The first-order valence-electron chi connectivity index (χ1n) is 6.99. The summed E-state index contributed by atoms with van der Waals surface area (Å²) >= 11 is 0. The third-order valence-corrected chi connectivity index (χ3v) is 4.37. The average molecular weight is 255 g/mol. The van der Waals surface area contributed by atoms with Gasteiger partial charge >= 0.3 is 0 Å². The highest BCUT2D eigenvalue weighted by molar-refractivity contribution is 5.32. The van der Waals surface area contributed by atoms with Crippen molar-refractivity contribution in [1.82, 2.24) is 4.57 Å². The monoisotopic (exact) mass is 255 g/mol. The topological polar surface area (TPSA) is 14.2 Å². The van der Waals surface area contributed by atoms with Crippen LogP contribution in [0.15, 0.2) is 30.5 Å². The van der Waals surface area contributed by atoms with Gasteiger partial charge in [-0.3, -0.25) is 0 Å². The maximum Gasteiger partial charge on any atom is 0.101 e. The van der Waals surface area contributed by atoms with Crippen molar-refractivity contribution in [1.29, 1.82) is 0 Å². The first-order valence-corrected chi connectivity index (χ1v) is 6.99. The van der Waals surface area contributed by atoms with Crippen molar-refractivity contribution >= 4 is 0 Å². The minimum Gasteiger partial charge on any atom is -0.371 e. The van der Waals surface area contributed by atoms with Gasteiger partial charge in [0.2, 0.25) is 0 Å². The maximum atomic E-state index is 5.99. The number of ether oxygens (including phenoxy) is 1. The lowest BCUT2D eigenvalue weighted by Gasteiger charge is -2.27. The zero-order chi connectivity index (χ0) is 13.4. The Morgan fingerprint density at radius 2 is 2.00 bits per heavy atom. The molecule has 3 rings (SSSR count). The number of nitrogens with zero attached hydrogens (tertiary/aromatic N) is 1. The van der Waals surface area contributed by atoms with Gasteiger partial charge in [0, 0.05) is 11.9 Å². The third kappa shape index (κ3) is 2.21. The number of hydrogen-bond acceptors (Lipinski definition) is 1. The summed E-state index contributed by atoms with van der Waals surface area (Å²) in [5.74, 6) is 0.